The summed E-state index contributed by atoms with van der Waals surface area (Å²) in [6.45, 7) is 10.7. The van der Waals surface area contributed by atoms with Crippen LogP contribution in [0.3, 0.4) is 0 Å². The molecule has 1 atom stereocenters. The first kappa shape index (κ1) is 14.2. The minimum Gasteiger partial charge on any atom is -0.396 e. The molecule has 1 rings (SSSR count). The van der Waals surface area contributed by atoms with E-state index in [1.165, 1.54) is 0 Å². The van der Waals surface area contributed by atoms with Crippen LogP contribution in [0.2, 0.25) is 0 Å². The maximum Gasteiger partial charge on any atom is 0.105 e. The fourth-order valence-corrected chi connectivity index (χ4v) is 1.97. The lowest BCUT2D eigenvalue weighted by Gasteiger charge is -2.31. The first-order chi connectivity index (χ1) is 7.95. The van der Waals surface area contributed by atoms with Crippen molar-refractivity contribution in [3.8, 4) is 0 Å². The Hall–Kier alpha value is -0.870. The molecule has 1 heterocycles. The molecule has 0 spiro atoms. The van der Waals surface area contributed by atoms with Gasteiger partial charge in [-0.05, 0) is 18.8 Å². The van der Waals surface area contributed by atoms with E-state index in [-0.39, 0.29) is 12.0 Å². The van der Waals surface area contributed by atoms with Gasteiger partial charge in [0.05, 0.1) is 0 Å². The van der Waals surface area contributed by atoms with E-state index in [4.69, 9.17) is 5.11 Å². The SMILES string of the molecule is Cc1nccn1CCNC(CCO)C(C)(C)C. The molecule has 0 amide bonds. The zero-order chi connectivity index (χ0) is 12.9. The second kappa shape index (κ2) is 6.17. The van der Waals surface area contributed by atoms with Gasteiger partial charge in [0.25, 0.3) is 0 Å². The van der Waals surface area contributed by atoms with Crippen LogP contribution in [0.5, 0.6) is 0 Å². The number of hydrogen-bond acceptors (Lipinski definition) is 3. The molecule has 0 radical (unpaired) electrons. The van der Waals surface area contributed by atoms with Gasteiger partial charge in [0, 0.05) is 38.1 Å². The standard InChI is InChI=1S/C13H25N3O/c1-11-14-6-8-16(11)9-7-15-12(5-10-17)13(2,3)4/h6,8,12,15,17H,5,7,9-10H2,1-4H3. The van der Waals surface area contributed by atoms with Crippen LogP contribution in [-0.4, -0.2) is 33.9 Å². The van der Waals surface area contributed by atoms with Crippen molar-refractivity contribution >= 4 is 0 Å². The van der Waals surface area contributed by atoms with Crippen LogP contribution in [0.25, 0.3) is 0 Å². The molecule has 0 bridgehead atoms. The fourth-order valence-electron chi connectivity index (χ4n) is 1.97. The molecule has 98 valence electrons. The number of hydrogen-bond donors (Lipinski definition) is 2. The minimum atomic E-state index is 0.173. The summed E-state index contributed by atoms with van der Waals surface area (Å²) in [6.07, 6.45) is 4.62. The van der Waals surface area contributed by atoms with Crippen molar-refractivity contribution in [3.63, 3.8) is 0 Å². The molecular formula is C13H25N3O. The Labute approximate surface area is 104 Å². The van der Waals surface area contributed by atoms with E-state index < -0.39 is 0 Å². The van der Waals surface area contributed by atoms with E-state index in [9.17, 15) is 0 Å². The monoisotopic (exact) mass is 239 g/mol. The Bertz CT molecular complexity index is 328. The molecule has 17 heavy (non-hydrogen) atoms. The molecule has 2 N–H and O–H groups in total. The summed E-state index contributed by atoms with van der Waals surface area (Å²) in [5.41, 5.74) is 0.173. The summed E-state index contributed by atoms with van der Waals surface area (Å²) in [6, 6.07) is 0.344. The predicted octanol–water partition coefficient (Wildman–Crippen LogP) is 1.58. The number of nitrogens with zero attached hydrogens (tertiary/aromatic N) is 2. The van der Waals surface area contributed by atoms with E-state index in [1.54, 1.807) is 0 Å². The molecule has 0 saturated carbocycles. The van der Waals surface area contributed by atoms with Crippen molar-refractivity contribution in [1.82, 2.24) is 14.9 Å². The smallest absolute Gasteiger partial charge is 0.105 e. The van der Waals surface area contributed by atoms with Gasteiger partial charge in [-0.15, -0.1) is 0 Å². The molecule has 0 aromatic carbocycles. The zero-order valence-corrected chi connectivity index (χ0v) is 11.4. The highest BCUT2D eigenvalue weighted by Gasteiger charge is 2.23. The molecule has 0 aliphatic heterocycles. The van der Waals surface area contributed by atoms with Crippen LogP contribution in [0.1, 0.15) is 33.0 Å². The highest BCUT2D eigenvalue weighted by atomic mass is 16.3. The van der Waals surface area contributed by atoms with Crippen molar-refractivity contribution in [2.24, 2.45) is 5.41 Å². The van der Waals surface area contributed by atoms with E-state index in [0.717, 1.165) is 25.3 Å². The van der Waals surface area contributed by atoms with Crippen molar-refractivity contribution in [2.45, 2.75) is 46.7 Å². The lowest BCUT2D eigenvalue weighted by molar-refractivity contribution is 0.196. The van der Waals surface area contributed by atoms with Crippen LogP contribution in [0.4, 0.5) is 0 Å². The Kier molecular flexibility index (Phi) is 5.15. The number of aromatic nitrogens is 2. The highest BCUT2D eigenvalue weighted by Crippen LogP contribution is 2.21. The number of aliphatic hydroxyl groups is 1. The summed E-state index contributed by atoms with van der Waals surface area (Å²) in [5, 5.41) is 12.6. The normalized spacial score (nSPS) is 13.9. The quantitative estimate of drug-likeness (QED) is 0.792. The Morgan fingerprint density at radius 1 is 1.47 bits per heavy atom. The van der Waals surface area contributed by atoms with Gasteiger partial charge in [-0.1, -0.05) is 20.8 Å². The maximum absolute atomic E-state index is 9.07. The van der Waals surface area contributed by atoms with Gasteiger partial charge in [0.2, 0.25) is 0 Å². The summed E-state index contributed by atoms with van der Waals surface area (Å²) >= 11 is 0. The van der Waals surface area contributed by atoms with E-state index in [2.05, 4.69) is 35.6 Å². The van der Waals surface area contributed by atoms with Gasteiger partial charge in [-0.3, -0.25) is 0 Å². The summed E-state index contributed by atoms with van der Waals surface area (Å²) in [5.74, 6) is 1.04. The number of aryl methyl sites for hydroxylation is 1. The second-order valence-electron chi connectivity index (χ2n) is 5.55. The molecule has 1 aromatic rings. The lowest BCUT2D eigenvalue weighted by atomic mass is 9.85. The topological polar surface area (TPSA) is 50.1 Å². The molecule has 1 unspecified atom stereocenters. The minimum absolute atomic E-state index is 0.173. The Balaban J connectivity index is 2.40. The van der Waals surface area contributed by atoms with Gasteiger partial charge in [-0.2, -0.15) is 0 Å². The van der Waals surface area contributed by atoms with Gasteiger partial charge in [-0.25, -0.2) is 4.98 Å². The van der Waals surface area contributed by atoms with Crippen molar-refractivity contribution in [1.29, 1.82) is 0 Å². The van der Waals surface area contributed by atoms with Crippen LogP contribution < -0.4 is 5.32 Å². The first-order valence-corrected chi connectivity index (χ1v) is 6.27. The molecule has 4 heteroatoms. The predicted molar refractivity (Wildman–Crippen MR) is 69.9 cm³/mol. The van der Waals surface area contributed by atoms with Crippen LogP contribution in [0, 0.1) is 12.3 Å². The average Bonchev–Trinajstić information content (AvgIpc) is 2.62. The third-order valence-electron chi connectivity index (χ3n) is 3.13. The summed E-state index contributed by atoms with van der Waals surface area (Å²) in [4.78, 5) is 4.19. The maximum atomic E-state index is 9.07. The second-order valence-corrected chi connectivity index (χ2v) is 5.55. The van der Waals surface area contributed by atoms with Crippen LogP contribution in [-0.2, 0) is 6.54 Å². The van der Waals surface area contributed by atoms with Crippen molar-refractivity contribution in [2.75, 3.05) is 13.2 Å². The largest absolute Gasteiger partial charge is 0.396 e. The van der Waals surface area contributed by atoms with Gasteiger partial charge >= 0.3 is 0 Å². The van der Waals surface area contributed by atoms with Crippen LogP contribution >= 0.6 is 0 Å². The number of rotatable bonds is 6. The Morgan fingerprint density at radius 3 is 2.65 bits per heavy atom. The lowest BCUT2D eigenvalue weighted by Crippen LogP contribution is -2.42. The number of imidazole rings is 1. The molecule has 1 aromatic heterocycles. The van der Waals surface area contributed by atoms with Gasteiger partial charge < -0.3 is 15.0 Å². The van der Waals surface area contributed by atoms with Crippen molar-refractivity contribution < 1.29 is 5.11 Å². The van der Waals surface area contributed by atoms with E-state index in [0.29, 0.717) is 6.04 Å². The third-order valence-corrected chi connectivity index (χ3v) is 3.13. The van der Waals surface area contributed by atoms with Crippen molar-refractivity contribution in [3.05, 3.63) is 18.2 Å². The third kappa shape index (κ3) is 4.48. The molecule has 0 aliphatic rings. The average molecular weight is 239 g/mol. The molecular weight excluding hydrogens is 214 g/mol. The van der Waals surface area contributed by atoms with Gasteiger partial charge in [0.1, 0.15) is 5.82 Å². The molecule has 4 nitrogen and oxygen atoms in total. The molecule has 0 aliphatic carbocycles. The first-order valence-electron chi connectivity index (χ1n) is 6.27. The highest BCUT2D eigenvalue weighted by molar-refractivity contribution is 4.89. The van der Waals surface area contributed by atoms with Crippen LogP contribution in [0.15, 0.2) is 12.4 Å². The number of aliphatic hydroxyl groups excluding tert-OH is 1. The Morgan fingerprint density at radius 2 is 2.18 bits per heavy atom. The molecule has 0 fully saturated rings. The summed E-state index contributed by atoms with van der Waals surface area (Å²) < 4.78 is 2.13. The fraction of sp³-hybridized carbons (Fsp3) is 0.769. The number of nitrogens with one attached hydrogen (secondary N) is 1. The molecule has 0 saturated heterocycles. The van der Waals surface area contributed by atoms with E-state index in [1.807, 2.05) is 19.3 Å². The van der Waals surface area contributed by atoms with Gasteiger partial charge in [0.15, 0.2) is 0 Å². The zero-order valence-electron chi connectivity index (χ0n) is 11.4. The van der Waals surface area contributed by atoms with E-state index >= 15 is 0 Å². The summed E-state index contributed by atoms with van der Waals surface area (Å²) in [7, 11) is 0.